The summed E-state index contributed by atoms with van der Waals surface area (Å²) in [7, 11) is 0. The lowest BCUT2D eigenvalue weighted by Gasteiger charge is -2.21. The number of nitrogens with zero attached hydrogens (tertiary/aromatic N) is 3. The average Bonchev–Trinajstić information content (AvgIpc) is 3.17. The van der Waals surface area contributed by atoms with Crippen molar-refractivity contribution in [1.82, 2.24) is 20.4 Å². The highest BCUT2D eigenvalue weighted by molar-refractivity contribution is 14.0. The summed E-state index contributed by atoms with van der Waals surface area (Å²) in [6, 6.07) is 19.4. The van der Waals surface area contributed by atoms with Gasteiger partial charge in [0.1, 0.15) is 0 Å². The van der Waals surface area contributed by atoms with Crippen molar-refractivity contribution in [3.63, 3.8) is 0 Å². The number of carbonyl (C=O) groups excluding carboxylic acids is 1. The van der Waals surface area contributed by atoms with Gasteiger partial charge in [-0.15, -0.1) is 24.0 Å². The van der Waals surface area contributed by atoms with Gasteiger partial charge >= 0.3 is 0 Å². The Morgan fingerprint density at radius 1 is 1.03 bits per heavy atom. The first-order valence-electron chi connectivity index (χ1n) is 12.2. The van der Waals surface area contributed by atoms with Crippen LogP contribution in [0.25, 0.3) is 0 Å². The fourth-order valence-electron chi connectivity index (χ4n) is 4.37. The molecule has 2 aromatic carbocycles. The van der Waals surface area contributed by atoms with Crippen LogP contribution in [-0.4, -0.2) is 59.9 Å². The number of guanidine groups is 1. The average molecular weight is 578 g/mol. The van der Waals surface area contributed by atoms with Gasteiger partial charge in [-0.05, 0) is 57.4 Å². The Bertz CT molecular complexity index is 899. The van der Waals surface area contributed by atoms with Crippen LogP contribution >= 0.6 is 24.0 Å². The van der Waals surface area contributed by atoms with Crippen molar-refractivity contribution in [1.29, 1.82) is 0 Å². The van der Waals surface area contributed by atoms with Gasteiger partial charge in [-0.25, -0.2) is 4.99 Å². The first-order valence-corrected chi connectivity index (χ1v) is 12.2. The Kier molecular flexibility index (Phi) is 11.8. The number of carbonyl (C=O) groups is 1. The van der Waals surface area contributed by atoms with Crippen molar-refractivity contribution in [2.24, 2.45) is 4.99 Å². The number of rotatable bonds is 9. The molecule has 1 heterocycles. The summed E-state index contributed by atoms with van der Waals surface area (Å²) in [5.41, 5.74) is 3.18. The summed E-state index contributed by atoms with van der Waals surface area (Å²) in [5.74, 6) is 0.931. The molecule has 1 aliphatic heterocycles. The van der Waals surface area contributed by atoms with Crippen LogP contribution in [0.3, 0.4) is 0 Å². The first kappa shape index (κ1) is 28.1. The highest BCUT2D eigenvalue weighted by Gasteiger charge is 2.29. The third-order valence-electron chi connectivity index (χ3n) is 6.29. The summed E-state index contributed by atoms with van der Waals surface area (Å²) >= 11 is 0. The maximum absolute atomic E-state index is 12.5. The van der Waals surface area contributed by atoms with Gasteiger partial charge in [0.05, 0.1) is 6.54 Å². The van der Waals surface area contributed by atoms with E-state index < -0.39 is 0 Å². The lowest BCUT2D eigenvalue weighted by molar-refractivity contribution is 0.0773. The summed E-state index contributed by atoms with van der Waals surface area (Å²) in [6.45, 7) is 13.2. The highest BCUT2D eigenvalue weighted by atomic mass is 127. The Hall–Kier alpha value is -2.13. The number of nitrogens with one attached hydrogen (secondary N) is 2. The normalized spacial score (nSPS) is 18.3. The van der Waals surface area contributed by atoms with E-state index in [-0.39, 0.29) is 29.9 Å². The fraction of sp³-hybridized carbons (Fsp3) is 0.481. The summed E-state index contributed by atoms with van der Waals surface area (Å²) in [5, 5.41) is 7.01. The molecular weight excluding hydrogens is 537 g/mol. The number of amides is 1. The second-order valence-electron chi connectivity index (χ2n) is 8.71. The number of hydrogen-bond donors (Lipinski definition) is 2. The largest absolute Gasteiger partial charge is 0.357 e. The highest BCUT2D eigenvalue weighted by Crippen LogP contribution is 2.20. The Balaban J connectivity index is 0.00000408. The van der Waals surface area contributed by atoms with Crippen LogP contribution in [0.15, 0.2) is 59.6 Å². The van der Waals surface area contributed by atoms with Crippen LogP contribution in [0.5, 0.6) is 0 Å². The second kappa shape index (κ2) is 14.3. The predicted molar refractivity (Wildman–Crippen MR) is 152 cm³/mol. The van der Waals surface area contributed by atoms with Crippen LogP contribution in [0.4, 0.5) is 0 Å². The summed E-state index contributed by atoms with van der Waals surface area (Å²) in [6.07, 6.45) is 1.10. The third-order valence-corrected chi connectivity index (χ3v) is 6.29. The van der Waals surface area contributed by atoms with Crippen molar-refractivity contribution < 1.29 is 4.79 Å². The van der Waals surface area contributed by atoms with Crippen LogP contribution in [0, 0.1) is 0 Å². The minimum atomic E-state index is 0. The molecule has 0 radical (unpaired) electrons. The number of likely N-dealkylation sites (tertiary alicyclic amines) is 1. The SMILES string of the molecule is CCNC(=NCc1ccc(C(=O)N(CC)CC)cc1)NC1CC(C)N(Cc2ccccc2)C1.I. The molecule has 2 unspecified atom stereocenters. The zero-order valence-corrected chi connectivity index (χ0v) is 23.3. The Morgan fingerprint density at radius 3 is 2.32 bits per heavy atom. The maximum atomic E-state index is 12.5. The van der Waals surface area contributed by atoms with Gasteiger partial charge in [-0.3, -0.25) is 9.69 Å². The molecule has 0 aromatic heterocycles. The molecule has 6 nitrogen and oxygen atoms in total. The van der Waals surface area contributed by atoms with Crippen molar-refractivity contribution in [2.45, 2.75) is 59.3 Å². The molecule has 2 atom stereocenters. The van der Waals surface area contributed by atoms with Gasteiger partial charge in [0.2, 0.25) is 0 Å². The predicted octanol–water partition coefficient (Wildman–Crippen LogP) is 4.50. The Morgan fingerprint density at radius 2 is 1.71 bits per heavy atom. The second-order valence-corrected chi connectivity index (χ2v) is 8.71. The van der Waals surface area contributed by atoms with Gasteiger partial charge < -0.3 is 15.5 Å². The molecule has 0 spiro atoms. The molecule has 2 N–H and O–H groups in total. The van der Waals surface area contributed by atoms with Gasteiger partial charge in [0.15, 0.2) is 5.96 Å². The van der Waals surface area contributed by atoms with Gasteiger partial charge in [0.25, 0.3) is 5.91 Å². The molecule has 1 saturated heterocycles. The summed E-state index contributed by atoms with van der Waals surface area (Å²) < 4.78 is 0. The molecule has 186 valence electrons. The first-order chi connectivity index (χ1) is 16.0. The molecule has 34 heavy (non-hydrogen) atoms. The zero-order valence-electron chi connectivity index (χ0n) is 21.0. The number of hydrogen-bond acceptors (Lipinski definition) is 3. The minimum absolute atomic E-state index is 0. The standard InChI is InChI=1S/C27H39N5O.HI/c1-5-28-27(29-18-22-13-15-24(16-14-22)26(33)31(6-2)7-3)30-25-17-21(4)32(20-25)19-23-11-9-8-10-12-23;/h8-16,21,25H,5-7,17-20H2,1-4H3,(H2,28,29,30);1H. The molecule has 0 bridgehead atoms. The summed E-state index contributed by atoms with van der Waals surface area (Å²) in [4.78, 5) is 21.7. The van der Waals surface area contributed by atoms with E-state index in [1.165, 1.54) is 5.56 Å². The van der Waals surface area contributed by atoms with E-state index in [4.69, 9.17) is 4.99 Å². The third kappa shape index (κ3) is 7.98. The van der Waals surface area contributed by atoms with Gasteiger partial charge in [-0.2, -0.15) is 0 Å². The van der Waals surface area contributed by atoms with E-state index >= 15 is 0 Å². The lowest BCUT2D eigenvalue weighted by atomic mass is 10.1. The molecule has 7 heteroatoms. The lowest BCUT2D eigenvalue weighted by Crippen LogP contribution is -2.44. The van der Waals surface area contributed by atoms with Crippen LogP contribution in [-0.2, 0) is 13.1 Å². The van der Waals surface area contributed by atoms with Crippen LogP contribution in [0.1, 0.15) is 55.6 Å². The molecule has 1 aliphatic rings. The quantitative estimate of drug-likeness (QED) is 0.262. The van der Waals surface area contributed by atoms with E-state index in [1.807, 2.05) is 43.0 Å². The monoisotopic (exact) mass is 577 g/mol. The van der Waals surface area contributed by atoms with Crippen molar-refractivity contribution in [3.05, 3.63) is 71.3 Å². The van der Waals surface area contributed by atoms with E-state index in [0.717, 1.165) is 56.2 Å². The van der Waals surface area contributed by atoms with E-state index in [1.54, 1.807) is 0 Å². The number of aliphatic imine (C=N–C) groups is 1. The van der Waals surface area contributed by atoms with Crippen molar-refractivity contribution >= 4 is 35.8 Å². The van der Waals surface area contributed by atoms with Crippen LogP contribution < -0.4 is 10.6 Å². The van der Waals surface area contributed by atoms with Crippen LogP contribution in [0.2, 0.25) is 0 Å². The molecule has 2 aromatic rings. The smallest absolute Gasteiger partial charge is 0.253 e. The topological polar surface area (TPSA) is 60.0 Å². The number of halogens is 1. The molecular formula is C27H40IN5O. The Labute approximate surface area is 222 Å². The van der Waals surface area contributed by atoms with Crippen molar-refractivity contribution in [2.75, 3.05) is 26.2 Å². The fourth-order valence-corrected chi connectivity index (χ4v) is 4.37. The maximum Gasteiger partial charge on any atom is 0.253 e. The van der Waals surface area contributed by atoms with Gasteiger partial charge in [-0.1, -0.05) is 42.5 Å². The molecule has 3 rings (SSSR count). The molecule has 1 fully saturated rings. The molecule has 0 aliphatic carbocycles. The van der Waals surface area contributed by atoms with Gasteiger partial charge in [0, 0.05) is 50.4 Å². The van der Waals surface area contributed by atoms with Crippen molar-refractivity contribution in [3.8, 4) is 0 Å². The molecule has 1 amide bonds. The molecule has 0 saturated carbocycles. The van der Waals surface area contributed by atoms with E-state index in [2.05, 4.69) is 59.7 Å². The zero-order chi connectivity index (χ0) is 23.6. The van der Waals surface area contributed by atoms with E-state index in [0.29, 0.717) is 18.6 Å². The number of benzene rings is 2. The minimum Gasteiger partial charge on any atom is -0.357 e. The van der Waals surface area contributed by atoms with E-state index in [9.17, 15) is 4.79 Å².